The van der Waals surface area contributed by atoms with Crippen LogP contribution in [0.4, 0.5) is 0 Å². The summed E-state index contributed by atoms with van der Waals surface area (Å²) in [5.74, 6) is 0.514. The fraction of sp³-hybridized carbons (Fsp3) is 0.727. The summed E-state index contributed by atoms with van der Waals surface area (Å²) in [5.41, 5.74) is 2.99. The Balaban J connectivity index is 3.66. The van der Waals surface area contributed by atoms with Crippen molar-refractivity contribution in [2.45, 2.75) is 46.1 Å². The Bertz CT molecular complexity index is 152. The average molecular weight is 168 g/mol. The van der Waals surface area contributed by atoms with Gasteiger partial charge in [-0.2, -0.15) is 0 Å². The predicted molar refractivity (Wildman–Crippen MR) is 53.0 cm³/mol. The summed E-state index contributed by atoms with van der Waals surface area (Å²) < 4.78 is 0. The molecule has 0 saturated heterocycles. The molecule has 1 nitrogen and oxygen atoms in total. The smallest absolute Gasteiger partial charge is 0.0794 e. The minimum Gasteiger partial charge on any atom is -0.388 e. The Morgan fingerprint density at radius 1 is 1.33 bits per heavy atom. The third kappa shape index (κ3) is 7.59. The van der Waals surface area contributed by atoms with E-state index in [1.54, 1.807) is 6.08 Å². The van der Waals surface area contributed by atoms with Crippen molar-refractivity contribution in [3.63, 3.8) is 0 Å². The van der Waals surface area contributed by atoms with Gasteiger partial charge in [0, 0.05) is 0 Å². The lowest BCUT2D eigenvalue weighted by atomic mass is 10.1. The van der Waals surface area contributed by atoms with Crippen molar-refractivity contribution in [2.24, 2.45) is 5.92 Å². The van der Waals surface area contributed by atoms with E-state index in [0.29, 0.717) is 5.92 Å². The third-order valence-electron chi connectivity index (χ3n) is 1.57. The lowest BCUT2D eigenvalue weighted by Crippen LogP contribution is -2.00. The SMILES string of the molecule is CCCCC(O)C=C=CC(C)C. The average Bonchev–Trinajstić information content (AvgIpc) is 2.00. The molecule has 1 heteroatoms. The predicted octanol–water partition coefficient (Wildman–Crippen LogP) is 2.90. The lowest BCUT2D eigenvalue weighted by Gasteiger charge is -2.00. The van der Waals surface area contributed by atoms with Crippen LogP contribution < -0.4 is 0 Å². The Kier molecular flexibility index (Phi) is 6.84. The number of hydrogen-bond donors (Lipinski definition) is 1. The van der Waals surface area contributed by atoms with E-state index < -0.39 is 0 Å². The highest BCUT2D eigenvalue weighted by Crippen LogP contribution is 2.01. The number of rotatable bonds is 5. The molecule has 0 aliphatic rings. The summed E-state index contributed by atoms with van der Waals surface area (Å²) >= 11 is 0. The van der Waals surface area contributed by atoms with Gasteiger partial charge in [-0.1, -0.05) is 33.6 Å². The normalized spacial score (nSPS) is 12.4. The minimum atomic E-state index is -0.306. The largest absolute Gasteiger partial charge is 0.388 e. The summed E-state index contributed by atoms with van der Waals surface area (Å²) in [6.45, 7) is 6.32. The van der Waals surface area contributed by atoms with Gasteiger partial charge in [0.25, 0.3) is 0 Å². The Hall–Kier alpha value is -0.520. The van der Waals surface area contributed by atoms with Gasteiger partial charge < -0.3 is 5.11 Å². The summed E-state index contributed by atoms with van der Waals surface area (Å²) in [7, 11) is 0. The summed E-state index contributed by atoms with van der Waals surface area (Å²) in [6, 6.07) is 0. The van der Waals surface area contributed by atoms with Crippen LogP contribution in [0.2, 0.25) is 0 Å². The monoisotopic (exact) mass is 168 g/mol. The summed E-state index contributed by atoms with van der Waals surface area (Å²) in [4.78, 5) is 0. The van der Waals surface area contributed by atoms with E-state index >= 15 is 0 Å². The third-order valence-corrected chi connectivity index (χ3v) is 1.57. The molecule has 0 aromatic heterocycles. The van der Waals surface area contributed by atoms with Crippen LogP contribution in [0, 0.1) is 5.92 Å². The van der Waals surface area contributed by atoms with Gasteiger partial charge in [-0.3, -0.25) is 0 Å². The van der Waals surface area contributed by atoms with Crippen LogP contribution in [0.25, 0.3) is 0 Å². The highest BCUT2D eigenvalue weighted by molar-refractivity contribution is 4.91. The molecule has 0 radical (unpaired) electrons. The second-order valence-electron chi connectivity index (χ2n) is 3.45. The first-order chi connectivity index (χ1) is 5.66. The van der Waals surface area contributed by atoms with Crippen LogP contribution >= 0.6 is 0 Å². The molecule has 70 valence electrons. The van der Waals surface area contributed by atoms with Gasteiger partial charge in [0.2, 0.25) is 0 Å². The number of aliphatic hydroxyl groups excluding tert-OH is 1. The highest BCUT2D eigenvalue weighted by Gasteiger charge is 1.95. The molecule has 0 aromatic carbocycles. The molecule has 1 atom stereocenters. The van der Waals surface area contributed by atoms with Crippen LogP contribution in [0.5, 0.6) is 0 Å². The first-order valence-electron chi connectivity index (χ1n) is 4.77. The number of aliphatic hydroxyl groups is 1. The standard InChI is InChI=1S/C11H20O/c1-4-5-8-11(12)9-6-7-10(2)3/h7,9-12H,4-5,8H2,1-3H3. The molecule has 0 saturated carbocycles. The van der Waals surface area contributed by atoms with E-state index in [4.69, 9.17) is 0 Å². The molecule has 0 heterocycles. The summed E-state index contributed by atoms with van der Waals surface area (Å²) in [6.07, 6.45) is 6.49. The number of hydrogen-bond acceptors (Lipinski definition) is 1. The maximum Gasteiger partial charge on any atom is 0.0794 e. The molecule has 0 aliphatic heterocycles. The lowest BCUT2D eigenvalue weighted by molar-refractivity contribution is 0.209. The molecule has 0 aliphatic carbocycles. The zero-order chi connectivity index (χ0) is 9.40. The maximum atomic E-state index is 9.36. The molecular weight excluding hydrogens is 148 g/mol. The van der Waals surface area contributed by atoms with Crippen molar-refractivity contribution in [3.05, 3.63) is 17.9 Å². The molecule has 0 spiro atoms. The van der Waals surface area contributed by atoms with Crippen molar-refractivity contribution in [3.8, 4) is 0 Å². The molecular formula is C11H20O. The molecule has 1 unspecified atom stereocenters. The van der Waals surface area contributed by atoms with Gasteiger partial charge in [-0.25, -0.2) is 0 Å². The van der Waals surface area contributed by atoms with E-state index in [1.165, 1.54) is 0 Å². The van der Waals surface area contributed by atoms with Crippen LogP contribution in [0.1, 0.15) is 40.0 Å². The fourth-order valence-corrected chi connectivity index (χ4v) is 0.856. The number of unbranched alkanes of at least 4 members (excludes halogenated alkanes) is 1. The van der Waals surface area contributed by atoms with Crippen molar-refractivity contribution >= 4 is 0 Å². The molecule has 0 bridgehead atoms. The van der Waals surface area contributed by atoms with E-state index in [2.05, 4.69) is 26.5 Å². The molecule has 0 rings (SSSR count). The van der Waals surface area contributed by atoms with Crippen molar-refractivity contribution < 1.29 is 5.11 Å². The van der Waals surface area contributed by atoms with Crippen LogP contribution in [0.3, 0.4) is 0 Å². The quantitative estimate of drug-likeness (QED) is 0.626. The highest BCUT2D eigenvalue weighted by atomic mass is 16.3. The molecule has 1 N–H and O–H groups in total. The zero-order valence-corrected chi connectivity index (χ0v) is 8.38. The Morgan fingerprint density at radius 2 is 2.00 bits per heavy atom. The maximum absolute atomic E-state index is 9.36. The molecule has 12 heavy (non-hydrogen) atoms. The minimum absolute atomic E-state index is 0.306. The van der Waals surface area contributed by atoms with Gasteiger partial charge in [0.05, 0.1) is 6.10 Å². The van der Waals surface area contributed by atoms with Crippen molar-refractivity contribution in [1.29, 1.82) is 0 Å². The van der Waals surface area contributed by atoms with E-state index in [9.17, 15) is 5.11 Å². The van der Waals surface area contributed by atoms with Gasteiger partial charge in [0.15, 0.2) is 0 Å². The first kappa shape index (κ1) is 11.5. The van der Waals surface area contributed by atoms with E-state index in [1.807, 2.05) is 6.08 Å². The zero-order valence-electron chi connectivity index (χ0n) is 8.38. The van der Waals surface area contributed by atoms with Crippen LogP contribution in [-0.4, -0.2) is 11.2 Å². The van der Waals surface area contributed by atoms with Gasteiger partial charge in [-0.05, 0) is 24.5 Å². The van der Waals surface area contributed by atoms with Gasteiger partial charge in [-0.15, -0.1) is 5.73 Å². The Labute approximate surface area is 75.8 Å². The molecule has 0 amide bonds. The molecule has 0 aromatic rings. The fourth-order valence-electron chi connectivity index (χ4n) is 0.856. The second kappa shape index (κ2) is 7.15. The summed E-state index contributed by atoms with van der Waals surface area (Å²) in [5, 5.41) is 9.36. The van der Waals surface area contributed by atoms with E-state index in [-0.39, 0.29) is 6.10 Å². The topological polar surface area (TPSA) is 20.2 Å². The van der Waals surface area contributed by atoms with Crippen molar-refractivity contribution in [2.75, 3.05) is 0 Å². The van der Waals surface area contributed by atoms with Crippen molar-refractivity contribution in [1.82, 2.24) is 0 Å². The molecule has 0 fully saturated rings. The Morgan fingerprint density at radius 3 is 2.50 bits per heavy atom. The van der Waals surface area contributed by atoms with E-state index in [0.717, 1.165) is 19.3 Å². The van der Waals surface area contributed by atoms with Crippen LogP contribution in [-0.2, 0) is 0 Å². The second-order valence-corrected chi connectivity index (χ2v) is 3.45. The van der Waals surface area contributed by atoms with Gasteiger partial charge >= 0.3 is 0 Å². The van der Waals surface area contributed by atoms with Crippen LogP contribution in [0.15, 0.2) is 17.9 Å². The van der Waals surface area contributed by atoms with Gasteiger partial charge in [0.1, 0.15) is 0 Å². The first-order valence-corrected chi connectivity index (χ1v) is 4.77.